The lowest BCUT2D eigenvalue weighted by Gasteiger charge is -2.17. The summed E-state index contributed by atoms with van der Waals surface area (Å²) in [5.41, 5.74) is 1.94. The van der Waals surface area contributed by atoms with E-state index in [9.17, 15) is 9.59 Å². The number of hydrazone groups is 1. The van der Waals surface area contributed by atoms with Gasteiger partial charge in [-0.15, -0.1) is 5.01 Å². The van der Waals surface area contributed by atoms with Crippen molar-refractivity contribution >= 4 is 29.1 Å². The van der Waals surface area contributed by atoms with Crippen LogP contribution >= 0.6 is 0 Å². The van der Waals surface area contributed by atoms with Crippen molar-refractivity contribution in [2.75, 3.05) is 0 Å². The average molecular weight is 298 g/mol. The summed E-state index contributed by atoms with van der Waals surface area (Å²) in [6.07, 6.45) is 2.09. The quantitative estimate of drug-likeness (QED) is 0.674. The van der Waals surface area contributed by atoms with Gasteiger partial charge >= 0.3 is 6.03 Å². The molecule has 1 aliphatic heterocycles. The zero-order chi connectivity index (χ0) is 15.9. The molecule has 6 heteroatoms. The van der Waals surface area contributed by atoms with Crippen LogP contribution < -0.4 is 5.32 Å². The number of fused-ring (bicyclic) bond motifs is 1. The Hall–Kier alpha value is -2.63. The number of amides is 3. The molecule has 1 aromatic carbocycles. The third-order valence-electron chi connectivity index (χ3n) is 4.19. The normalized spacial score (nSPS) is 22.0. The Morgan fingerprint density at radius 1 is 1.32 bits per heavy atom. The first kappa shape index (κ1) is 14.3. The second-order valence-electron chi connectivity index (χ2n) is 5.69. The summed E-state index contributed by atoms with van der Waals surface area (Å²) in [4.78, 5) is 27.5. The van der Waals surface area contributed by atoms with Gasteiger partial charge in [0, 0.05) is 22.2 Å². The molecular formula is C16H18N4O2. The van der Waals surface area contributed by atoms with E-state index < -0.39 is 11.6 Å². The largest absolute Gasteiger partial charge is 0.358 e. The van der Waals surface area contributed by atoms with Gasteiger partial charge in [0.15, 0.2) is 0 Å². The second kappa shape index (κ2) is 4.98. The Bertz CT molecular complexity index is 793. The molecule has 114 valence electrons. The molecule has 3 amide bonds. The van der Waals surface area contributed by atoms with Crippen molar-refractivity contribution in [1.82, 2.24) is 15.3 Å². The number of para-hydroxylation sites is 1. The van der Waals surface area contributed by atoms with Gasteiger partial charge in [-0.2, -0.15) is 5.10 Å². The van der Waals surface area contributed by atoms with Crippen molar-refractivity contribution < 1.29 is 9.59 Å². The first-order chi connectivity index (χ1) is 10.5. The maximum atomic E-state index is 12.3. The lowest BCUT2D eigenvalue weighted by molar-refractivity contribution is -0.130. The molecule has 2 aromatic rings. The predicted molar refractivity (Wildman–Crippen MR) is 84.7 cm³/mol. The molecule has 2 N–H and O–H groups in total. The molecule has 0 bridgehead atoms. The number of benzene rings is 1. The van der Waals surface area contributed by atoms with Gasteiger partial charge in [0.25, 0.3) is 5.91 Å². The number of carbonyl (C=O) groups excluding carboxylic acids is 2. The number of hydrogen-bond donors (Lipinski definition) is 2. The molecule has 0 saturated carbocycles. The fourth-order valence-corrected chi connectivity index (χ4v) is 2.59. The topological polar surface area (TPSA) is 77.6 Å². The maximum Gasteiger partial charge on any atom is 0.346 e. The predicted octanol–water partition coefficient (Wildman–Crippen LogP) is 2.53. The summed E-state index contributed by atoms with van der Waals surface area (Å²) in [6, 6.07) is 7.35. The van der Waals surface area contributed by atoms with E-state index in [0.29, 0.717) is 6.42 Å². The van der Waals surface area contributed by atoms with E-state index in [1.165, 1.54) is 0 Å². The third kappa shape index (κ3) is 2.07. The molecule has 22 heavy (non-hydrogen) atoms. The van der Waals surface area contributed by atoms with E-state index in [-0.39, 0.29) is 5.91 Å². The maximum absolute atomic E-state index is 12.3. The summed E-state index contributed by atoms with van der Waals surface area (Å²) in [5, 5.41) is 8.70. The fraction of sp³-hybridized carbons (Fsp3) is 0.312. The van der Waals surface area contributed by atoms with Crippen molar-refractivity contribution in [1.29, 1.82) is 0 Å². The van der Waals surface area contributed by atoms with Gasteiger partial charge in [-0.25, -0.2) is 4.79 Å². The second-order valence-corrected chi connectivity index (χ2v) is 5.69. The minimum absolute atomic E-state index is 0.325. The number of imide groups is 1. The van der Waals surface area contributed by atoms with E-state index in [0.717, 1.165) is 27.2 Å². The number of nitrogens with zero attached hydrogens (tertiary/aromatic N) is 2. The Morgan fingerprint density at radius 3 is 2.73 bits per heavy atom. The minimum Gasteiger partial charge on any atom is -0.358 e. The van der Waals surface area contributed by atoms with E-state index in [2.05, 4.69) is 15.4 Å². The van der Waals surface area contributed by atoms with Crippen molar-refractivity contribution in [3.63, 3.8) is 0 Å². The summed E-state index contributed by atoms with van der Waals surface area (Å²) >= 11 is 0. The highest BCUT2D eigenvalue weighted by Gasteiger charge is 2.46. The lowest BCUT2D eigenvalue weighted by Crippen LogP contribution is -2.42. The Labute approximate surface area is 128 Å². The van der Waals surface area contributed by atoms with Crippen LogP contribution in [0.4, 0.5) is 4.79 Å². The molecule has 0 spiro atoms. The molecule has 1 atom stereocenters. The van der Waals surface area contributed by atoms with Gasteiger partial charge in [-0.3, -0.25) is 4.79 Å². The van der Waals surface area contributed by atoms with Crippen LogP contribution in [0.15, 0.2) is 29.4 Å². The highest BCUT2D eigenvalue weighted by molar-refractivity contribution is 6.08. The fourth-order valence-electron chi connectivity index (χ4n) is 2.59. The van der Waals surface area contributed by atoms with Crippen molar-refractivity contribution in [2.24, 2.45) is 5.10 Å². The molecule has 1 aromatic heterocycles. The summed E-state index contributed by atoms with van der Waals surface area (Å²) in [6.45, 7) is 5.50. The summed E-state index contributed by atoms with van der Waals surface area (Å²) in [7, 11) is 0. The van der Waals surface area contributed by atoms with Crippen LogP contribution in [-0.2, 0) is 4.79 Å². The molecular weight excluding hydrogens is 280 g/mol. The van der Waals surface area contributed by atoms with Crippen molar-refractivity contribution in [3.05, 3.63) is 35.5 Å². The Balaban J connectivity index is 1.95. The zero-order valence-electron chi connectivity index (χ0n) is 12.8. The lowest BCUT2D eigenvalue weighted by atomic mass is 10.00. The molecule has 1 saturated heterocycles. The minimum atomic E-state index is -0.871. The van der Waals surface area contributed by atoms with E-state index >= 15 is 0 Å². The highest BCUT2D eigenvalue weighted by Crippen LogP contribution is 2.23. The number of nitrogens with one attached hydrogen (secondary N) is 2. The number of H-pyrrole nitrogens is 1. The molecule has 6 nitrogen and oxygen atoms in total. The number of rotatable bonds is 3. The van der Waals surface area contributed by atoms with Crippen LogP contribution in [0.3, 0.4) is 0 Å². The van der Waals surface area contributed by atoms with Crippen molar-refractivity contribution in [3.8, 4) is 0 Å². The first-order valence-corrected chi connectivity index (χ1v) is 7.24. The van der Waals surface area contributed by atoms with Crippen LogP contribution in [0.1, 0.15) is 31.5 Å². The number of aromatic nitrogens is 1. The van der Waals surface area contributed by atoms with Gasteiger partial charge in [-0.05, 0) is 26.3 Å². The smallest absolute Gasteiger partial charge is 0.346 e. The van der Waals surface area contributed by atoms with E-state index in [4.69, 9.17) is 0 Å². The van der Waals surface area contributed by atoms with Crippen LogP contribution in [-0.4, -0.2) is 33.7 Å². The van der Waals surface area contributed by atoms with Gasteiger partial charge in [0.05, 0.1) is 6.21 Å². The third-order valence-corrected chi connectivity index (χ3v) is 4.19. The molecule has 0 radical (unpaired) electrons. The SMILES string of the molecule is CCC1(C)NC(=O)N(/N=C/c2c(C)[nH]c3ccccc23)C1=O. The van der Waals surface area contributed by atoms with Crippen LogP contribution in [0, 0.1) is 6.92 Å². The summed E-state index contributed by atoms with van der Waals surface area (Å²) in [5.74, 6) is -0.325. The first-order valence-electron chi connectivity index (χ1n) is 7.24. The monoisotopic (exact) mass is 298 g/mol. The summed E-state index contributed by atoms with van der Waals surface area (Å²) < 4.78 is 0. The number of carbonyl (C=O) groups is 2. The van der Waals surface area contributed by atoms with Crippen molar-refractivity contribution in [2.45, 2.75) is 32.7 Å². The van der Waals surface area contributed by atoms with Gasteiger partial charge < -0.3 is 10.3 Å². The van der Waals surface area contributed by atoms with Crippen LogP contribution in [0.25, 0.3) is 10.9 Å². The molecule has 1 unspecified atom stereocenters. The standard InChI is InChI=1S/C16H18N4O2/c1-4-16(3)14(21)20(15(22)19-16)17-9-12-10(2)18-13-8-6-5-7-11(12)13/h5-9,18H,4H2,1-3H3,(H,19,22)/b17-9+. The zero-order valence-corrected chi connectivity index (χ0v) is 12.8. The molecule has 0 aliphatic carbocycles. The number of aryl methyl sites for hydroxylation is 1. The van der Waals surface area contributed by atoms with E-state index in [1.54, 1.807) is 13.1 Å². The van der Waals surface area contributed by atoms with Gasteiger partial charge in [-0.1, -0.05) is 25.1 Å². The number of urea groups is 1. The van der Waals surface area contributed by atoms with Crippen LogP contribution in [0.5, 0.6) is 0 Å². The Kier molecular flexibility index (Phi) is 3.24. The molecule has 1 fully saturated rings. The van der Waals surface area contributed by atoms with E-state index in [1.807, 2.05) is 38.1 Å². The molecule has 3 rings (SSSR count). The molecule has 1 aliphatic rings. The average Bonchev–Trinajstić information content (AvgIpc) is 2.93. The van der Waals surface area contributed by atoms with Crippen LogP contribution in [0.2, 0.25) is 0 Å². The molecule has 2 heterocycles. The number of hydrogen-bond acceptors (Lipinski definition) is 3. The number of aromatic amines is 1. The Morgan fingerprint density at radius 2 is 2.05 bits per heavy atom. The van der Waals surface area contributed by atoms with Gasteiger partial charge in [0.1, 0.15) is 5.54 Å². The highest BCUT2D eigenvalue weighted by atomic mass is 16.2. The van der Waals surface area contributed by atoms with Gasteiger partial charge in [0.2, 0.25) is 0 Å².